The van der Waals surface area contributed by atoms with E-state index in [1.54, 1.807) is 12.1 Å². The second kappa shape index (κ2) is 5.87. The lowest BCUT2D eigenvalue weighted by Crippen LogP contribution is -2.38. The fourth-order valence-corrected chi connectivity index (χ4v) is 2.18. The van der Waals surface area contributed by atoms with Crippen molar-refractivity contribution in [1.29, 1.82) is 0 Å². The third-order valence-corrected chi connectivity index (χ3v) is 3.41. The number of carbonyl (C=O) groups is 1. The van der Waals surface area contributed by atoms with Crippen LogP contribution in [-0.2, 0) is 11.2 Å². The van der Waals surface area contributed by atoms with Gasteiger partial charge in [0.1, 0.15) is 5.75 Å². The van der Waals surface area contributed by atoms with Crippen LogP contribution in [0.5, 0.6) is 5.75 Å². The van der Waals surface area contributed by atoms with Gasteiger partial charge in [0, 0.05) is 13.0 Å². The number of benzene rings is 1. The van der Waals surface area contributed by atoms with Gasteiger partial charge in [0.05, 0.1) is 6.10 Å². The Morgan fingerprint density at radius 2 is 2.06 bits per heavy atom. The monoisotopic (exact) mass is 249 g/mol. The number of rotatable bonds is 5. The van der Waals surface area contributed by atoms with Gasteiger partial charge in [0.15, 0.2) is 0 Å². The number of nitrogens with one attached hydrogen (secondary N) is 1. The SMILES string of the molecule is O=C(CCc1ccccc1O)NCC1CC(O)C1. The Balaban J connectivity index is 1.67. The van der Waals surface area contributed by atoms with Gasteiger partial charge >= 0.3 is 0 Å². The maximum absolute atomic E-state index is 11.6. The van der Waals surface area contributed by atoms with E-state index in [2.05, 4.69) is 5.32 Å². The van der Waals surface area contributed by atoms with E-state index in [9.17, 15) is 9.90 Å². The number of phenolic OH excluding ortho intramolecular Hbond substituents is 1. The number of hydrogen-bond acceptors (Lipinski definition) is 3. The van der Waals surface area contributed by atoms with Crippen molar-refractivity contribution in [2.75, 3.05) is 6.54 Å². The summed E-state index contributed by atoms with van der Waals surface area (Å²) in [5.74, 6) is 0.668. The average Bonchev–Trinajstić information content (AvgIpc) is 2.32. The van der Waals surface area contributed by atoms with E-state index < -0.39 is 0 Å². The Kier molecular flexibility index (Phi) is 4.20. The molecule has 0 unspecified atom stereocenters. The fraction of sp³-hybridized carbons (Fsp3) is 0.500. The van der Waals surface area contributed by atoms with E-state index in [0.717, 1.165) is 18.4 Å². The van der Waals surface area contributed by atoms with Crippen LogP contribution in [0.3, 0.4) is 0 Å². The molecule has 18 heavy (non-hydrogen) atoms. The molecule has 0 bridgehead atoms. The molecule has 98 valence electrons. The number of aryl methyl sites for hydroxylation is 1. The second-order valence-corrected chi connectivity index (χ2v) is 4.92. The molecule has 0 radical (unpaired) electrons. The van der Waals surface area contributed by atoms with Gasteiger partial charge in [-0.3, -0.25) is 4.79 Å². The first-order valence-corrected chi connectivity index (χ1v) is 6.37. The average molecular weight is 249 g/mol. The van der Waals surface area contributed by atoms with E-state index in [4.69, 9.17) is 5.11 Å². The first-order valence-electron chi connectivity index (χ1n) is 6.37. The van der Waals surface area contributed by atoms with E-state index in [0.29, 0.717) is 25.3 Å². The van der Waals surface area contributed by atoms with Gasteiger partial charge in [-0.05, 0) is 36.8 Å². The van der Waals surface area contributed by atoms with Crippen LogP contribution in [0, 0.1) is 5.92 Å². The molecule has 1 saturated carbocycles. The number of hydrogen-bond donors (Lipinski definition) is 3. The normalized spacial score (nSPS) is 22.3. The number of para-hydroxylation sites is 1. The first kappa shape index (κ1) is 12.9. The Bertz CT molecular complexity index is 413. The van der Waals surface area contributed by atoms with Crippen LogP contribution in [0.15, 0.2) is 24.3 Å². The van der Waals surface area contributed by atoms with Gasteiger partial charge < -0.3 is 15.5 Å². The van der Waals surface area contributed by atoms with Crippen LogP contribution in [-0.4, -0.2) is 28.8 Å². The van der Waals surface area contributed by atoms with Crippen molar-refractivity contribution in [2.45, 2.75) is 31.8 Å². The summed E-state index contributed by atoms with van der Waals surface area (Å²) in [6.07, 6.45) is 2.34. The maximum atomic E-state index is 11.6. The van der Waals surface area contributed by atoms with Crippen molar-refractivity contribution in [3.8, 4) is 5.75 Å². The number of aliphatic hydroxyl groups is 1. The summed E-state index contributed by atoms with van der Waals surface area (Å²) in [7, 11) is 0. The van der Waals surface area contributed by atoms with E-state index >= 15 is 0 Å². The highest BCUT2D eigenvalue weighted by atomic mass is 16.3. The van der Waals surface area contributed by atoms with Crippen LogP contribution in [0.1, 0.15) is 24.8 Å². The van der Waals surface area contributed by atoms with Crippen molar-refractivity contribution in [3.63, 3.8) is 0 Å². The molecule has 0 spiro atoms. The minimum Gasteiger partial charge on any atom is -0.508 e. The summed E-state index contributed by atoms with van der Waals surface area (Å²) in [4.78, 5) is 11.6. The van der Waals surface area contributed by atoms with Crippen molar-refractivity contribution in [2.24, 2.45) is 5.92 Å². The highest BCUT2D eigenvalue weighted by molar-refractivity contribution is 5.76. The molecule has 0 saturated heterocycles. The maximum Gasteiger partial charge on any atom is 0.220 e. The molecular formula is C14H19NO3. The quantitative estimate of drug-likeness (QED) is 0.734. The minimum atomic E-state index is -0.173. The topological polar surface area (TPSA) is 69.6 Å². The standard InChI is InChI=1S/C14H19NO3/c16-12-7-10(8-12)9-15-14(18)6-5-11-3-1-2-4-13(11)17/h1-4,10,12,16-17H,5-9H2,(H,15,18). The Hall–Kier alpha value is -1.55. The van der Waals surface area contributed by atoms with Gasteiger partial charge in [-0.2, -0.15) is 0 Å². The Morgan fingerprint density at radius 1 is 1.33 bits per heavy atom. The third kappa shape index (κ3) is 3.47. The minimum absolute atomic E-state index is 0.000331. The fourth-order valence-electron chi connectivity index (χ4n) is 2.18. The van der Waals surface area contributed by atoms with E-state index in [-0.39, 0.29) is 17.8 Å². The molecule has 0 aromatic heterocycles. The molecule has 1 aliphatic rings. The van der Waals surface area contributed by atoms with Gasteiger partial charge in [0.2, 0.25) is 5.91 Å². The first-order chi connectivity index (χ1) is 8.65. The smallest absolute Gasteiger partial charge is 0.220 e. The summed E-state index contributed by atoms with van der Waals surface area (Å²) >= 11 is 0. The number of aliphatic hydroxyl groups excluding tert-OH is 1. The van der Waals surface area contributed by atoms with Gasteiger partial charge in [-0.15, -0.1) is 0 Å². The Labute approximate surface area is 107 Å². The summed E-state index contributed by atoms with van der Waals surface area (Å²) in [5, 5.41) is 21.5. The Morgan fingerprint density at radius 3 is 2.72 bits per heavy atom. The van der Waals surface area contributed by atoms with Crippen molar-refractivity contribution < 1.29 is 15.0 Å². The van der Waals surface area contributed by atoms with Crippen molar-refractivity contribution in [3.05, 3.63) is 29.8 Å². The summed E-state index contributed by atoms with van der Waals surface area (Å²) in [6.45, 7) is 0.649. The molecule has 1 aliphatic carbocycles. The molecular weight excluding hydrogens is 230 g/mol. The molecule has 3 N–H and O–H groups in total. The lowest BCUT2D eigenvalue weighted by atomic mass is 9.82. The predicted molar refractivity (Wildman–Crippen MR) is 68.2 cm³/mol. The molecule has 1 aromatic carbocycles. The molecule has 4 heteroatoms. The lowest BCUT2D eigenvalue weighted by molar-refractivity contribution is -0.121. The summed E-state index contributed by atoms with van der Waals surface area (Å²) in [5.41, 5.74) is 0.798. The van der Waals surface area contributed by atoms with E-state index in [1.165, 1.54) is 0 Å². The zero-order chi connectivity index (χ0) is 13.0. The summed E-state index contributed by atoms with van der Waals surface area (Å²) in [6, 6.07) is 7.07. The highest BCUT2D eigenvalue weighted by Crippen LogP contribution is 2.26. The number of carbonyl (C=O) groups excluding carboxylic acids is 1. The highest BCUT2D eigenvalue weighted by Gasteiger charge is 2.26. The molecule has 0 atom stereocenters. The predicted octanol–water partition coefficient (Wildman–Crippen LogP) is 1.21. The third-order valence-electron chi connectivity index (χ3n) is 3.41. The molecule has 1 aromatic rings. The lowest BCUT2D eigenvalue weighted by Gasteiger charge is -2.31. The van der Waals surface area contributed by atoms with Crippen LogP contribution >= 0.6 is 0 Å². The van der Waals surface area contributed by atoms with Crippen LogP contribution in [0.2, 0.25) is 0 Å². The van der Waals surface area contributed by atoms with Crippen LogP contribution in [0.25, 0.3) is 0 Å². The van der Waals surface area contributed by atoms with Gasteiger partial charge in [-0.25, -0.2) is 0 Å². The van der Waals surface area contributed by atoms with Gasteiger partial charge in [0.25, 0.3) is 0 Å². The van der Waals surface area contributed by atoms with Gasteiger partial charge in [-0.1, -0.05) is 18.2 Å². The van der Waals surface area contributed by atoms with Crippen molar-refractivity contribution >= 4 is 5.91 Å². The summed E-state index contributed by atoms with van der Waals surface area (Å²) < 4.78 is 0. The molecule has 1 fully saturated rings. The van der Waals surface area contributed by atoms with Crippen LogP contribution < -0.4 is 5.32 Å². The zero-order valence-electron chi connectivity index (χ0n) is 10.3. The number of phenols is 1. The second-order valence-electron chi connectivity index (χ2n) is 4.92. The molecule has 0 heterocycles. The number of aromatic hydroxyl groups is 1. The van der Waals surface area contributed by atoms with E-state index in [1.807, 2.05) is 12.1 Å². The number of amides is 1. The molecule has 4 nitrogen and oxygen atoms in total. The molecule has 1 amide bonds. The van der Waals surface area contributed by atoms with Crippen LogP contribution in [0.4, 0.5) is 0 Å². The zero-order valence-corrected chi connectivity index (χ0v) is 10.3. The largest absolute Gasteiger partial charge is 0.508 e. The molecule has 2 rings (SSSR count). The molecule has 0 aliphatic heterocycles. The van der Waals surface area contributed by atoms with Crippen molar-refractivity contribution in [1.82, 2.24) is 5.32 Å².